The lowest BCUT2D eigenvalue weighted by molar-refractivity contribution is 0.170. The molecular formula is C17H29N3S. The van der Waals surface area contributed by atoms with E-state index in [2.05, 4.69) is 27.9 Å². The zero-order valence-corrected chi connectivity index (χ0v) is 14.0. The Bertz CT molecular complexity index is 400. The summed E-state index contributed by atoms with van der Waals surface area (Å²) < 4.78 is 0. The molecule has 4 unspecified atom stereocenters. The van der Waals surface area contributed by atoms with Crippen molar-refractivity contribution < 1.29 is 0 Å². The van der Waals surface area contributed by atoms with E-state index in [0.717, 1.165) is 18.4 Å². The molecule has 0 bridgehead atoms. The summed E-state index contributed by atoms with van der Waals surface area (Å²) in [7, 11) is 0. The summed E-state index contributed by atoms with van der Waals surface area (Å²) in [5.74, 6) is 0.813. The Morgan fingerprint density at radius 2 is 2.14 bits per heavy atom. The predicted octanol–water partition coefficient (Wildman–Crippen LogP) is 3.88. The van der Waals surface area contributed by atoms with Gasteiger partial charge in [0, 0.05) is 23.7 Å². The van der Waals surface area contributed by atoms with Crippen molar-refractivity contribution in [3.05, 3.63) is 16.6 Å². The third-order valence-electron chi connectivity index (χ3n) is 5.26. The van der Waals surface area contributed by atoms with Crippen LogP contribution in [0.1, 0.15) is 69.3 Å². The molecule has 0 amide bonds. The molecule has 3 rings (SSSR count). The van der Waals surface area contributed by atoms with Crippen molar-refractivity contribution in [1.82, 2.24) is 15.6 Å². The van der Waals surface area contributed by atoms with E-state index in [-0.39, 0.29) is 0 Å². The molecule has 2 fully saturated rings. The fraction of sp³-hybridized carbons (Fsp3) is 0.824. The van der Waals surface area contributed by atoms with Crippen LogP contribution in [-0.4, -0.2) is 23.6 Å². The molecule has 2 aliphatic rings. The van der Waals surface area contributed by atoms with Crippen LogP contribution >= 0.6 is 11.3 Å². The molecule has 21 heavy (non-hydrogen) atoms. The van der Waals surface area contributed by atoms with Crippen LogP contribution in [0.25, 0.3) is 0 Å². The van der Waals surface area contributed by atoms with Crippen molar-refractivity contribution in [3.8, 4) is 0 Å². The molecular weight excluding hydrogens is 278 g/mol. The van der Waals surface area contributed by atoms with Crippen LogP contribution in [0.4, 0.5) is 0 Å². The lowest BCUT2D eigenvalue weighted by atomic mass is 9.77. The van der Waals surface area contributed by atoms with Gasteiger partial charge in [-0.3, -0.25) is 0 Å². The maximum absolute atomic E-state index is 4.53. The summed E-state index contributed by atoms with van der Waals surface area (Å²) >= 11 is 1.79. The molecule has 1 aromatic heterocycles. The van der Waals surface area contributed by atoms with Gasteiger partial charge in [-0.05, 0) is 44.6 Å². The van der Waals surface area contributed by atoms with Crippen molar-refractivity contribution in [2.45, 2.75) is 76.4 Å². The van der Waals surface area contributed by atoms with Crippen molar-refractivity contribution in [1.29, 1.82) is 0 Å². The Labute approximate surface area is 132 Å². The zero-order chi connectivity index (χ0) is 14.5. The molecule has 0 radical (unpaired) electrons. The standard InChI is InChI=1S/C17H29N3S/c1-2-14(17-19-11-12-21-17)20-16-9-4-3-7-13(16)15-8-5-6-10-18-15/h11-16,18,20H,2-10H2,1H3. The lowest BCUT2D eigenvalue weighted by Gasteiger charge is -2.41. The minimum absolute atomic E-state index is 0.444. The third kappa shape index (κ3) is 3.85. The highest BCUT2D eigenvalue weighted by Gasteiger charge is 2.33. The van der Waals surface area contributed by atoms with Gasteiger partial charge in [-0.25, -0.2) is 4.98 Å². The Hall–Kier alpha value is -0.450. The summed E-state index contributed by atoms with van der Waals surface area (Å²) in [5.41, 5.74) is 0. The highest BCUT2D eigenvalue weighted by molar-refractivity contribution is 7.09. The molecule has 0 spiro atoms. The van der Waals surface area contributed by atoms with Crippen LogP contribution in [0.15, 0.2) is 11.6 Å². The number of piperidine rings is 1. The Morgan fingerprint density at radius 1 is 1.29 bits per heavy atom. The molecule has 1 aliphatic heterocycles. The van der Waals surface area contributed by atoms with Crippen molar-refractivity contribution in [2.24, 2.45) is 5.92 Å². The first-order chi connectivity index (χ1) is 10.4. The Morgan fingerprint density at radius 3 is 2.86 bits per heavy atom. The zero-order valence-electron chi connectivity index (χ0n) is 13.2. The quantitative estimate of drug-likeness (QED) is 0.866. The molecule has 1 aliphatic carbocycles. The average Bonchev–Trinajstić information content (AvgIpc) is 3.08. The van der Waals surface area contributed by atoms with Crippen LogP contribution in [0, 0.1) is 5.92 Å². The summed E-state index contributed by atoms with van der Waals surface area (Å²) in [6.45, 7) is 3.49. The van der Waals surface area contributed by atoms with Gasteiger partial charge in [-0.15, -0.1) is 11.3 Å². The summed E-state index contributed by atoms with van der Waals surface area (Å²) in [5, 5.41) is 11.1. The topological polar surface area (TPSA) is 37.0 Å². The van der Waals surface area contributed by atoms with E-state index in [9.17, 15) is 0 Å². The van der Waals surface area contributed by atoms with Crippen LogP contribution < -0.4 is 10.6 Å². The summed E-state index contributed by atoms with van der Waals surface area (Å²) in [4.78, 5) is 4.53. The largest absolute Gasteiger partial charge is 0.314 e. The van der Waals surface area contributed by atoms with E-state index in [1.165, 1.54) is 56.5 Å². The summed E-state index contributed by atoms with van der Waals surface area (Å²) in [6, 6.07) is 1.85. The van der Waals surface area contributed by atoms with Crippen molar-refractivity contribution in [3.63, 3.8) is 0 Å². The fourth-order valence-corrected chi connectivity index (χ4v) is 4.90. The Kier molecular flexibility index (Phi) is 5.67. The number of nitrogens with one attached hydrogen (secondary N) is 2. The summed E-state index contributed by atoms with van der Waals surface area (Å²) in [6.07, 6.45) is 12.7. The Balaban J connectivity index is 1.65. The second kappa shape index (κ2) is 7.70. The van der Waals surface area contributed by atoms with E-state index in [1.54, 1.807) is 11.3 Å². The molecule has 1 aromatic rings. The first-order valence-corrected chi connectivity index (χ1v) is 9.65. The normalized spacial score (nSPS) is 32.0. The van der Waals surface area contributed by atoms with E-state index < -0.39 is 0 Å². The van der Waals surface area contributed by atoms with Gasteiger partial charge in [0.05, 0.1) is 6.04 Å². The molecule has 4 atom stereocenters. The number of thiazole rings is 1. The average molecular weight is 308 g/mol. The molecule has 2 heterocycles. The predicted molar refractivity (Wildman–Crippen MR) is 89.7 cm³/mol. The van der Waals surface area contributed by atoms with Gasteiger partial charge < -0.3 is 10.6 Å². The number of nitrogens with zero attached hydrogens (tertiary/aromatic N) is 1. The molecule has 0 aromatic carbocycles. The van der Waals surface area contributed by atoms with E-state index >= 15 is 0 Å². The van der Waals surface area contributed by atoms with Gasteiger partial charge in [0.15, 0.2) is 0 Å². The first kappa shape index (κ1) is 15.4. The monoisotopic (exact) mass is 307 g/mol. The van der Waals surface area contributed by atoms with Crippen LogP contribution in [0.2, 0.25) is 0 Å². The van der Waals surface area contributed by atoms with Crippen LogP contribution in [-0.2, 0) is 0 Å². The van der Waals surface area contributed by atoms with Gasteiger partial charge in [0.25, 0.3) is 0 Å². The molecule has 3 nitrogen and oxygen atoms in total. The van der Waals surface area contributed by atoms with E-state index in [4.69, 9.17) is 0 Å². The van der Waals surface area contributed by atoms with Crippen molar-refractivity contribution in [2.75, 3.05) is 6.54 Å². The minimum atomic E-state index is 0.444. The van der Waals surface area contributed by atoms with Gasteiger partial charge in [-0.2, -0.15) is 0 Å². The molecule has 118 valence electrons. The van der Waals surface area contributed by atoms with Gasteiger partial charge in [0.1, 0.15) is 5.01 Å². The first-order valence-electron chi connectivity index (χ1n) is 8.77. The number of aromatic nitrogens is 1. The number of rotatable bonds is 5. The molecule has 1 saturated carbocycles. The van der Waals surface area contributed by atoms with Gasteiger partial charge in [0.2, 0.25) is 0 Å². The second-order valence-corrected chi connectivity index (χ2v) is 7.54. The smallest absolute Gasteiger partial charge is 0.109 e. The lowest BCUT2D eigenvalue weighted by Crippen LogP contribution is -2.51. The minimum Gasteiger partial charge on any atom is -0.314 e. The van der Waals surface area contributed by atoms with E-state index in [0.29, 0.717) is 12.1 Å². The highest BCUT2D eigenvalue weighted by Crippen LogP contribution is 2.32. The van der Waals surface area contributed by atoms with Crippen LogP contribution in [0.5, 0.6) is 0 Å². The number of hydrogen-bond acceptors (Lipinski definition) is 4. The molecule has 2 N–H and O–H groups in total. The van der Waals surface area contributed by atoms with Gasteiger partial charge >= 0.3 is 0 Å². The van der Waals surface area contributed by atoms with Crippen LogP contribution in [0.3, 0.4) is 0 Å². The number of hydrogen-bond donors (Lipinski definition) is 2. The van der Waals surface area contributed by atoms with Gasteiger partial charge in [-0.1, -0.05) is 26.2 Å². The third-order valence-corrected chi connectivity index (χ3v) is 6.15. The van der Waals surface area contributed by atoms with Crippen molar-refractivity contribution >= 4 is 11.3 Å². The van der Waals surface area contributed by atoms with E-state index in [1.807, 2.05) is 6.20 Å². The second-order valence-electron chi connectivity index (χ2n) is 6.61. The maximum Gasteiger partial charge on any atom is 0.109 e. The molecule has 4 heteroatoms. The fourth-order valence-electron chi connectivity index (χ4n) is 4.12. The molecule has 1 saturated heterocycles. The SMILES string of the molecule is CCC(NC1CCCCC1C1CCCCN1)c1nccs1. The highest BCUT2D eigenvalue weighted by atomic mass is 32.1. The maximum atomic E-state index is 4.53.